The average molecular weight is 228 g/mol. The molecule has 0 saturated carbocycles. The number of rotatable bonds is 5. The molecule has 0 spiro atoms. The molecule has 0 heterocycles. The molecule has 76 valence electrons. The Morgan fingerprint density at radius 3 is 2.42 bits per heavy atom. The Labute approximate surface area is 97.2 Å². The van der Waals surface area contributed by atoms with Gasteiger partial charge in [-0.2, -0.15) is 0 Å². The third-order valence-corrected chi connectivity index (χ3v) is 0.562. The first-order valence-electron chi connectivity index (χ1n) is 6.76. The van der Waals surface area contributed by atoms with E-state index in [1.54, 1.807) is 0 Å². The van der Waals surface area contributed by atoms with Crippen LogP contribution in [0.15, 0.2) is 0 Å². The van der Waals surface area contributed by atoms with Gasteiger partial charge in [-0.25, -0.2) is 0 Å². The molecular weight excluding hydrogens is 203 g/mol. The molecule has 0 fully saturated rings. The average Bonchev–Trinajstić information content (AvgIpc) is 2.14. The second kappa shape index (κ2) is 11.0. The molecule has 0 aliphatic heterocycles. The fourth-order valence-corrected chi connectivity index (χ4v) is 0.188. The quantitative estimate of drug-likeness (QED) is 0.634. The van der Waals surface area contributed by atoms with E-state index in [0.717, 1.165) is 0 Å². The second-order valence-electron chi connectivity index (χ2n) is 1.24. The topological polar surface area (TPSA) is 89.3 Å². The minimum Gasteiger partial charge on any atom is -0.480 e. The molecule has 0 aromatic rings. The molecule has 4 nitrogen and oxygen atoms in total. The molecule has 12 heavy (non-hydrogen) atoms. The van der Waals surface area contributed by atoms with Crippen molar-refractivity contribution in [2.24, 2.45) is 11.5 Å². The predicted octanol–water partition coefficient (Wildman–Crippen LogP) is 0.371. The van der Waals surface area contributed by atoms with E-state index in [1.807, 2.05) is 0 Å². The highest BCUT2D eigenvalue weighted by molar-refractivity contribution is 5.85. The summed E-state index contributed by atoms with van der Waals surface area (Å²) in [6.45, 7) is -3.32. The van der Waals surface area contributed by atoms with Crippen LogP contribution in [0.25, 0.3) is 0 Å². The summed E-state index contributed by atoms with van der Waals surface area (Å²) in [5, 5.41) is 8.64. The zero-order chi connectivity index (χ0) is 16.1. The van der Waals surface area contributed by atoms with E-state index in [-0.39, 0.29) is 24.8 Å². The van der Waals surface area contributed by atoms with E-state index in [4.69, 9.17) is 28.9 Å². The maximum Gasteiger partial charge on any atom is 0.320 e. The van der Waals surface area contributed by atoms with Crippen LogP contribution in [-0.4, -0.2) is 23.6 Å². The number of nitrogens with two attached hydrogens (primary N) is 2. The summed E-state index contributed by atoms with van der Waals surface area (Å²) in [4.78, 5) is 10.7. The first-order valence-corrected chi connectivity index (χ1v) is 2.26. The summed E-state index contributed by atoms with van der Waals surface area (Å²) in [6.07, 6.45) is -11.2. The normalized spacial score (nSPS) is 29.3. The molecule has 1 unspecified atom stereocenters. The third-order valence-electron chi connectivity index (χ3n) is 0.562. The van der Waals surface area contributed by atoms with Crippen molar-refractivity contribution in [1.29, 1.82) is 0 Å². The van der Waals surface area contributed by atoms with Gasteiger partial charge in [-0.1, -0.05) is 6.37 Å². The molecule has 0 saturated heterocycles. The highest BCUT2D eigenvalue weighted by Gasteiger charge is 2.09. The first-order chi connectivity index (χ1) is 7.94. The van der Waals surface area contributed by atoms with E-state index in [0.29, 0.717) is 0 Å². The van der Waals surface area contributed by atoms with E-state index in [2.05, 4.69) is 0 Å². The summed E-state index contributed by atoms with van der Waals surface area (Å²) >= 11 is 0. The third kappa shape index (κ3) is 9.97. The van der Waals surface area contributed by atoms with E-state index < -0.39 is 37.6 Å². The Bertz CT molecular complexity index is 385. The Balaban J connectivity index is -0.00000162. The molecule has 0 radical (unpaired) electrons. The van der Waals surface area contributed by atoms with Crippen LogP contribution in [0, 0.1) is 0 Å². The molecule has 1 atom stereocenters. The molecule has 0 rings (SSSR count). The minimum absolute atomic E-state index is 0. The molecule has 0 aliphatic carbocycles. The second-order valence-corrected chi connectivity index (χ2v) is 1.24. The van der Waals surface area contributed by atoms with Crippen LogP contribution in [0.3, 0.4) is 0 Å². The van der Waals surface area contributed by atoms with Crippen LogP contribution in [0.1, 0.15) is 31.5 Å². The Morgan fingerprint density at radius 2 is 2.08 bits per heavy atom. The molecule has 5 N–H and O–H groups in total. The maximum absolute atomic E-state index is 10.7. The van der Waals surface area contributed by atoms with Gasteiger partial charge in [-0.05, 0) is 19.2 Å². The van der Waals surface area contributed by atoms with E-state index >= 15 is 0 Å². The van der Waals surface area contributed by atoms with Gasteiger partial charge in [0.2, 0.25) is 0 Å². The summed E-state index contributed by atoms with van der Waals surface area (Å²) in [6, 6.07) is -3.53. The largest absolute Gasteiger partial charge is 0.480 e. The zero-order valence-corrected chi connectivity index (χ0v) is 7.46. The number of carboxylic acids is 1. The maximum atomic E-state index is 10.7. The minimum atomic E-state index is -3.78. The van der Waals surface area contributed by atoms with Gasteiger partial charge in [0.1, 0.15) is 6.02 Å². The van der Waals surface area contributed by atoms with Crippen molar-refractivity contribution in [3.63, 3.8) is 0 Å². The van der Waals surface area contributed by atoms with E-state index in [9.17, 15) is 4.79 Å². The van der Waals surface area contributed by atoms with Gasteiger partial charge in [0.25, 0.3) is 0 Å². The fourth-order valence-electron chi connectivity index (χ4n) is 0.188. The lowest BCUT2D eigenvalue weighted by atomic mass is 10.1. The van der Waals surface area contributed by atoms with Crippen LogP contribution in [0.5, 0.6) is 0 Å². The number of carbonyl (C=O) groups is 1. The summed E-state index contributed by atoms with van der Waals surface area (Å²) in [5.41, 5.74) is 9.70. The first kappa shape index (κ1) is 4.46. The standard InChI is InChI=1S/C6H14N2O2.2ClH/c7-4-2-1-3-5(8)6(9)10;;/h5H,1-4,7-8H2,(H,9,10);2*1H/i1D2,2D2,3D2,4D2,5D;;. The number of hydrogen-bond donors (Lipinski definition) is 3. The molecule has 0 amide bonds. The van der Waals surface area contributed by atoms with Gasteiger partial charge in [-0.15, -0.1) is 24.8 Å². The van der Waals surface area contributed by atoms with Crippen LogP contribution < -0.4 is 11.5 Å². The van der Waals surface area contributed by atoms with Gasteiger partial charge in [0.15, 0.2) is 0 Å². The Kier molecular flexibility index (Phi) is 4.08. The lowest BCUT2D eigenvalue weighted by Crippen LogP contribution is -2.29. The van der Waals surface area contributed by atoms with Crippen molar-refractivity contribution in [1.82, 2.24) is 0 Å². The van der Waals surface area contributed by atoms with Crippen molar-refractivity contribution in [3.05, 3.63) is 0 Å². The monoisotopic (exact) mass is 227 g/mol. The van der Waals surface area contributed by atoms with Gasteiger partial charge >= 0.3 is 5.97 Å². The van der Waals surface area contributed by atoms with Crippen molar-refractivity contribution >= 4 is 30.8 Å². The molecule has 0 aromatic heterocycles. The zero-order valence-electron chi connectivity index (χ0n) is 14.8. The predicted molar refractivity (Wildman–Crippen MR) is 53.0 cm³/mol. The Hall–Kier alpha value is -0.0300. The van der Waals surface area contributed by atoms with Crippen LogP contribution in [-0.2, 0) is 4.79 Å². The molecular formula is C6H16Cl2N2O2. The molecule has 0 aromatic carbocycles. The summed E-state index contributed by atoms with van der Waals surface area (Å²) in [7, 11) is 0. The number of aliphatic carboxylic acids is 1. The lowest BCUT2D eigenvalue weighted by Gasteiger charge is -2.03. The molecule has 0 aliphatic rings. The highest BCUT2D eigenvalue weighted by atomic mass is 35.5. The number of carboxylic acid groups (broad SMARTS) is 1. The summed E-state index contributed by atoms with van der Waals surface area (Å²) in [5.74, 6) is -2.23. The van der Waals surface area contributed by atoms with Gasteiger partial charge in [0.05, 0.1) is 1.37 Å². The number of halogens is 2. The summed E-state index contributed by atoms with van der Waals surface area (Å²) < 4.78 is 65.1. The van der Waals surface area contributed by atoms with Crippen molar-refractivity contribution in [2.75, 3.05) is 6.50 Å². The van der Waals surface area contributed by atoms with Crippen LogP contribution >= 0.6 is 24.8 Å². The Morgan fingerprint density at radius 1 is 1.58 bits per heavy atom. The molecule has 6 heteroatoms. The van der Waals surface area contributed by atoms with Crippen molar-refractivity contribution in [3.8, 4) is 0 Å². The SMILES string of the molecule is Cl.Cl.[2H]C([2H])(N)C([2H])([2H])C([2H])([2H])C([2H])([2H])C([2H])(N)C(=O)O. The van der Waals surface area contributed by atoms with Gasteiger partial charge < -0.3 is 16.6 Å². The van der Waals surface area contributed by atoms with Gasteiger partial charge in [-0.3, -0.25) is 4.79 Å². The molecule has 0 bridgehead atoms. The fraction of sp³-hybridized carbons (Fsp3) is 0.833. The van der Waals surface area contributed by atoms with Crippen molar-refractivity contribution < 1.29 is 22.2 Å². The van der Waals surface area contributed by atoms with Gasteiger partial charge in [0, 0.05) is 11.0 Å². The lowest BCUT2D eigenvalue weighted by molar-refractivity contribution is -0.138. The highest BCUT2D eigenvalue weighted by Crippen LogP contribution is 1.96. The van der Waals surface area contributed by atoms with Crippen LogP contribution in [0.4, 0.5) is 0 Å². The number of hydrogen-bond acceptors (Lipinski definition) is 3. The van der Waals surface area contributed by atoms with Crippen molar-refractivity contribution in [2.45, 2.75) is 25.1 Å². The smallest absolute Gasteiger partial charge is 0.320 e. The van der Waals surface area contributed by atoms with Crippen LogP contribution in [0.2, 0.25) is 0 Å². The van der Waals surface area contributed by atoms with E-state index in [1.165, 1.54) is 0 Å².